The van der Waals surface area contributed by atoms with E-state index in [4.69, 9.17) is 10.5 Å². The highest BCUT2D eigenvalue weighted by Crippen LogP contribution is 2.24. The quantitative estimate of drug-likeness (QED) is 0.849. The van der Waals surface area contributed by atoms with Crippen LogP contribution in [0.3, 0.4) is 0 Å². The van der Waals surface area contributed by atoms with Crippen molar-refractivity contribution in [3.05, 3.63) is 42.0 Å². The zero-order chi connectivity index (χ0) is 13.0. The van der Waals surface area contributed by atoms with Crippen LogP contribution in [0.4, 0.5) is 0 Å². The zero-order valence-electron chi connectivity index (χ0n) is 10.9. The van der Waals surface area contributed by atoms with Gasteiger partial charge < -0.3 is 15.8 Å². The maximum Gasteiger partial charge on any atom is 0.119 e. The number of nitrogens with one attached hydrogen (secondary N) is 1. The number of methoxy groups -OCH3 is 1. The molecule has 0 bridgehead atoms. The van der Waals surface area contributed by atoms with Crippen molar-refractivity contribution in [3.8, 4) is 5.75 Å². The van der Waals surface area contributed by atoms with Crippen LogP contribution >= 0.6 is 0 Å². The Morgan fingerprint density at radius 1 is 1.17 bits per heavy atom. The van der Waals surface area contributed by atoms with E-state index in [9.17, 15) is 0 Å². The van der Waals surface area contributed by atoms with Gasteiger partial charge in [-0.3, -0.25) is 0 Å². The van der Waals surface area contributed by atoms with Crippen LogP contribution in [-0.4, -0.2) is 20.2 Å². The number of benzene rings is 2. The Hall–Kier alpha value is -1.58. The minimum atomic E-state index is 0.319. The third-order valence-electron chi connectivity index (χ3n) is 3.17. The summed E-state index contributed by atoms with van der Waals surface area (Å²) in [7, 11) is 1.69. The molecule has 18 heavy (non-hydrogen) atoms. The molecule has 0 saturated carbocycles. The van der Waals surface area contributed by atoms with Gasteiger partial charge in [0.2, 0.25) is 0 Å². The standard InChI is InChI=1S/C15H20N2O/c1-11(17-8-7-16)12-3-4-14-10-15(18-2)6-5-13(14)9-12/h3-6,9-11,17H,7-8,16H2,1-2H3. The van der Waals surface area contributed by atoms with Gasteiger partial charge in [-0.15, -0.1) is 0 Å². The summed E-state index contributed by atoms with van der Waals surface area (Å²) >= 11 is 0. The molecule has 0 heterocycles. The van der Waals surface area contributed by atoms with Crippen molar-refractivity contribution >= 4 is 10.8 Å². The van der Waals surface area contributed by atoms with E-state index < -0.39 is 0 Å². The normalized spacial score (nSPS) is 12.6. The third-order valence-corrected chi connectivity index (χ3v) is 3.17. The van der Waals surface area contributed by atoms with Gasteiger partial charge in [0.15, 0.2) is 0 Å². The number of hydrogen-bond acceptors (Lipinski definition) is 3. The van der Waals surface area contributed by atoms with E-state index >= 15 is 0 Å². The summed E-state index contributed by atoms with van der Waals surface area (Å²) in [6.07, 6.45) is 0. The number of nitrogens with two attached hydrogens (primary N) is 1. The molecule has 2 rings (SSSR count). The summed E-state index contributed by atoms with van der Waals surface area (Å²) in [5.41, 5.74) is 6.78. The SMILES string of the molecule is COc1ccc2cc(C(C)NCCN)ccc2c1. The minimum absolute atomic E-state index is 0.319. The molecule has 3 heteroatoms. The number of rotatable bonds is 5. The molecule has 1 unspecified atom stereocenters. The molecule has 0 amide bonds. The Kier molecular flexibility index (Phi) is 4.18. The summed E-state index contributed by atoms with van der Waals surface area (Å²) in [6.45, 7) is 3.65. The smallest absolute Gasteiger partial charge is 0.119 e. The first-order valence-corrected chi connectivity index (χ1v) is 6.25. The lowest BCUT2D eigenvalue weighted by Gasteiger charge is -2.14. The number of fused-ring (bicyclic) bond motifs is 1. The topological polar surface area (TPSA) is 47.3 Å². The van der Waals surface area contributed by atoms with Gasteiger partial charge in [-0.05, 0) is 41.5 Å². The van der Waals surface area contributed by atoms with E-state index in [1.54, 1.807) is 7.11 Å². The first-order valence-electron chi connectivity index (χ1n) is 6.25. The van der Waals surface area contributed by atoms with Crippen molar-refractivity contribution in [2.24, 2.45) is 5.73 Å². The molecule has 3 nitrogen and oxygen atoms in total. The first-order chi connectivity index (χ1) is 8.74. The van der Waals surface area contributed by atoms with Crippen LogP contribution in [0.25, 0.3) is 10.8 Å². The fraction of sp³-hybridized carbons (Fsp3) is 0.333. The maximum absolute atomic E-state index is 5.50. The van der Waals surface area contributed by atoms with E-state index in [-0.39, 0.29) is 0 Å². The highest BCUT2D eigenvalue weighted by atomic mass is 16.5. The lowest BCUT2D eigenvalue weighted by Crippen LogP contribution is -2.25. The van der Waals surface area contributed by atoms with Crippen molar-refractivity contribution in [3.63, 3.8) is 0 Å². The maximum atomic E-state index is 5.50. The van der Waals surface area contributed by atoms with E-state index in [2.05, 4.69) is 42.6 Å². The molecule has 0 aliphatic rings. The van der Waals surface area contributed by atoms with E-state index in [0.29, 0.717) is 12.6 Å². The molecule has 0 aromatic heterocycles. The largest absolute Gasteiger partial charge is 0.497 e. The summed E-state index contributed by atoms with van der Waals surface area (Å²) in [4.78, 5) is 0. The van der Waals surface area contributed by atoms with Gasteiger partial charge in [-0.25, -0.2) is 0 Å². The summed E-state index contributed by atoms with van der Waals surface area (Å²) in [6, 6.07) is 12.9. The summed E-state index contributed by atoms with van der Waals surface area (Å²) < 4.78 is 5.23. The van der Waals surface area contributed by atoms with Gasteiger partial charge in [-0.2, -0.15) is 0 Å². The van der Waals surface area contributed by atoms with Crippen molar-refractivity contribution in [1.29, 1.82) is 0 Å². The van der Waals surface area contributed by atoms with Crippen LogP contribution in [0.1, 0.15) is 18.5 Å². The third kappa shape index (κ3) is 2.81. The van der Waals surface area contributed by atoms with Crippen molar-refractivity contribution in [1.82, 2.24) is 5.32 Å². The fourth-order valence-corrected chi connectivity index (χ4v) is 2.06. The Labute approximate surface area is 108 Å². The molecule has 0 spiro atoms. The van der Waals surface area contributed by atoms with Gasteiger partial charge in [0.25, 0.3) is 0 Å². The molecular formula is C15H20N2O. The minimum Gasteiger partial charge on any atom is -0.497 e. The monoisotopic (exact) mass is 244 g/mol. The van der Waals surface area contributed by atoms with Gasteiger partial charge in [0.05, 0.1) is 7.11 Å². The predicted octanol–water partition coefficient (Wildman–Crippen LogP) is 2.46. The molecule has 0 fully saturated rings. The van der Waals surface area contributed by atoms with Gasteiger partial charge >= 0.3 is 0 Å². The van der Waals surface area contributed by atoms with Crippen LogP contribution in [-0.2, 0) is 0 Å². The summed E-state index contributed by atoms with van der Waals surface area (Å²) in [5, 5.41) is 5.82. The highest BCUT2D eigenvalue weighted by molar-refractivity contribution is 5.84. The van der Waals surface area contributed by atoms with Crippen molar-refractivity contribution in [2.45, 2.75) is 13.0 Å². The Morgan fingerprint density at radius 2 is 1.89 bits per heavy atom. The predicted molar refractivity (Wildman–Crippen MR) is 76.0 cm³/mol. The molecule has 0 aliphatic heterocycles. The second-order valence-electron chi connectivity index (χ2n) is 4.44. The van der Waals surface area contributed by atoms with Gasteiger partial charge in [0, 0.05) is 19.1 Å². The van der Waals surface area contributed by atoms with E-state index in [1.807, 2.05) is 6.07 Å². The fourth-order valence-electron chi connectivity index (χ4n) is 2.06. The van der Waals surface area contributed by atoms with Crippen molar-refractivity contribution < 1.29 is 4.74 Å². The molecule has 96 valence electrons. The number of hydrogen-bond donors (Lipinski definition) is 2. The number of ether oxygens (including phenoxy) is 1. The lowest BCUT2D eigenvalue weighted by atomic mass is 10.0. The first kappa shape index (κ1) is 12.9. The van der Waals surface area contributed by atoms with Crippen LogP contribution in [0.2, 0.25) is 0 Å². The van der Waals surface area contributed by atoms with E-state index in [1.165, 1.54) is 16.3 Å². The average Bonchev–Trinajstić information content (AvgIpc) is 2.43. The molecule has 0 radical (unpaired) electrons. The summed E-state index contributed by atoms with van der Waals surface area (Å²) in [5.74, 6) is 0.893. The van der Waals surface area contributed by atoms with Crippen molar-refractivity contribution in [2.75, 3.05) is 20.2 Å². The van der Waals surface area contributed by atoms with Crippen LogP contribution < -0.4 is 15.8 Å². The molecule has 0 saturated heterocycles. The Morgan fingerprint density at radius 3 is 2.61 bits per heavy atom. The van der Waals surface area contributed by atoms with Gasteiger partial charge in [0.1, 0.15) is 5.75 Å². The molecule has 0 aliphatic carbocycles. The highest BCUT2D eigenvalue weighted by Gasteiger charge is 2.05. The van der Waals surface area contributed by atoms with Gasteiger partial charge in [-0.1, -0.05) is 18.2 Å². The van der Waals surface area contributed by atoms with Crippen LogP contribution in [0, 0.1) is 0 Å². The van der Waals surface area contributed by atoms with Crippen LogP contribution in [0.15, 0.2) is 36.4 Å². The Bertz CT molecular complexity index is 525. The molecular weight excluding hydrogens is 224 g/mol. The second kappa shape index (κ2) is 5.85. The lowest BCUT2D eigenvalue weighted by molar-refractivity contribution is 0.415. The van der Waals surface area contributed by atoms with E-state index in [0.717, 1.165) is 12.3 Å². The van der Waals surface area contributed by atoms with Crippen LogP contribution in [0.5, 0.6) is 5.75 Å². The Balaban J connectivity index is 2.27. The second-order valence-corrected chi connectivity index (χ2v) is 4.44. The molecule has 2 aromatic rings. The average molecular weight is 244 g/mol. The molecule has 2 aromatic carbocycles. The zero-order valence-corrected chi connectivity index (χ0v) is 10.9. The molecule has 3 N–H and O–H groups in total. The molecule has 1 atom stereocenters.